The summed E-state index contributed by atoms with van der Waals surface area (Å²) >= 11 is 3.55. The van der Waals surface area contributed by atoms with Gasteiger partial charge in [-0.15, -0.1) is 0 Å². The first-order valence-corrected chi connectivity index (χ1v) is 6.87. The third-order valence-corrected chi connectivity index (χ3v) is 3.90. The van der Waals surface area contributed by atoms with Crippen LogP contribution < -0.4 is 5.32 Å². The highest BCUT2D eigenvalue weighted by Crippen LogP contribution is 2.20. The van der Waals surface area contributed by atoms with Crippen LogP contribution in [0, 0.1) is 12.8 Å². The number of nitrogens with zero attached hydrogens (tertiary/aromatic N) is 2. The normalized spacial score (nSPS) is 13.4. The molecule has 1 aromatic rings. The summed E-state index contributed by atoms with van der Waals surface area (Å²) in [6.07, 6.45) is -0.298. The average molecular weight is 304 g/mol. The SMILES string of the molecule is CCn1nc(C)c(Br)c1CNCC(O)C(C)C. The second-order valence-electron chi connectivity index (χ2n) is 4.60. The Morgan fingerprint density at radius 2 is 2.12 bits per heavy atom. The lowest BCUT2D eigenvalue weighted by Crippen LogP contribution is -2.30. The summed E-state index contributed by atoms with van der Waals surface area (Å²) in [5.41, 5.74) is 2.15. The molecule has 0 bridgehead atoms. The van der Waals surface area contributed by atoms with Crippen LogP contribution >= 0.6 is 15.9 Å². The number of nitrogens with one attached hydrogen (secondary N) is 1. The summed E-state index contributed by atoms with van der Waals surface area (Å²) in [6.45, 7) is 10.3. The van der Waals surface area contributed by atoms with Gasteiger partial charge in [0.2, 0.25) is 0 Å². The van der Waals surface area contributed by atoms with Gasteiger partial charge in [-0.25, -0.2) is 0 Å². The van der Waals surface area contributed by atoms with Crippen LogP contribution in [0.4, 0.5) is 0 Å². The van der Waals surface area contributed by atoms with E-state index < -0.39 is 0 Å². The largest absolute Gasteiger partial charge is 0.392 e. The molecule has 1 aromatic heterocycles. The number of aliphatic hydroxyl groups excluding tert-OH is 1. The van der Waals surface area contributed by atoms with Crippen molar-refractivity contribution in [3.8, 4) is 0 Å². The van der Waals surface area contributed by atoms with Gasteiger partial charge >= 0.3 is 0 Å². The zero-order chi connectivity index (χ0) is 13.0. The van der Waals surface area contributed by atoms with Gasteiger partial charge in [-0.3, -0.25) is 4.68 Å². The van der Waals surface area contributed by atoms with Gasteiger partial charge in [-0.1, -0.05) is 13.8 Å². The molecule has 17 heavy (non-hydrogen) atoms. The van der Waals surface area contributed by atoms with Crippen LogP contribution in [-0.2, 0) is 13.1 Å². The second kappa shape index (κ2) is 6.52. The monoisotopic (exact) mass is 303 g/mol. The van der Waals surface area contributed by atoms with Crippen molar-refractivity contribution in [1.82, 2.24) is 15.1 Å². The van der Waals surface area contributed by atoms with Gasteiger partial charge in [0.05, 0.1) is 22.0 Å². The smallest absolute Gasteiger partial charge is 0.0739 e. The van der Waals surface area contributed by atoms with Crippen LogP contribution in [-0.4, -0.2) is 27.5 Å². The Balaban J connectivity index is 2.57. The first kappa shape index (κ1) is 14.7. The lowest BCUT2D eigenvalue weighted by molar-refractivity contribution is 0.123. The van der Waals surface area contributed by atoms with Crippen LogP contribution in [0.1, 0.15) is 32.2 Å². The van der Waals surface area contributed by atoms with Crippen molar-refractivity contribution in [2.45, 2.75) is 46.9 Å². The van der Waals surface area contributed by atoms with Crippen LogP contribution in [0.2, 0.25) is 0 Å². The molecule has 0 aliphatic rings. The third-order valence-electron chi connectivity index (χ3n) is 2.87. The van der Waals surface area contributed by atoms with Crippen molar-refractivity contribution in [2.75, 3.05) is 6.54 Å². The van der Waals surface area contributed by atoms with Gasteiger partial charge in [-0.2, -0.15) is 5.10 Å². The van der Waals surface area contributed by atoms with E-state index >= 15 is 0 Å². The quantitative estimate of drug-likeness (QED) is 0.846. The van der Waals surface area contributed by atoms with E-state index in [9.17, 15) is 5.11 Å². The number of hydrogen-bond donors (Lipinski definition) is 2. The summed E-state index contributed by atoms with van der Waals surface area (Å²) in [6, 6.07) is 0. The van der Waals surface area contributed by atoms with E-state index in [-0.39, 0.29) is 12.0 Å². The van der Waals surface area contributed by atoms with Crippen LogP contribution in [0.25, 0.3) is 0 Å². The first-order valence-electron chi connectivity index (χ1n) is 6.07. The van der Waals surface area contributed by atoms with Crippen molar-refractivity contribution in [3.63, 3.8) is 0 Å². The fraction of sp³-hybridized carbons (Fsp3) is 0.750. The average Bonchev–Trinajstić information content (AvgIpc) is 2.56. The first-order chi connectivity index (χ1) is 7.97. The number of hydrogen-bond acceptors (Lipinski definition) is 3. The van der Waals surface area contributed by atoms with Gasteiger partial charge in [0.15, 0.2) is 0 Å². The van der Waals surface area contributed by atoms with Gasteiger partial charge in [0, 0.05) is 19.6 Å². The molecule has 4 nitrogen and oxygen atoms in total. The number of halogens is 1. The lowest BCUT2D eigenvalue weighted by Gasteiger charge is -2.15. The predicted molar refractivity (Wildman–Crippen MR) is 72.9 cm³/mol. The van der Waals surface area contributed by atoms with Crippen molar-refractivity contribution in [2.24, 2.45) is 5.92 Å². The van der Waals surface area contributed by atoms with Gasteiger partial charge < -0.3 is 10.4 Å². The van der Waals surface area contributed by atoms with Crippen molar-refractivity contribution >= 4 is 15.9 Å². The molecule has 0 saturated carbocycles. The molecule has 2 N–H and O–H groups in total. The zero-order valence-corrected chi connectivity index (χ0v) is 12.6. The molecule has 0 aromatic carbocycles. The highest BCUT2D eigenvalue weighted by atomic mass is 79.9. The van der Waals surface area contributed by atoms with E-state index in [1.54, 1.807) is 0 Å². The Morgan fingerprint density at radius 1 is 1.47 bits per heavy atom. The number of aryl methyl sites for hydroxylation is 2. The fourth-order valence-corrected chi connectivity index (χ4v) is 2.04. The van der Waals surface area contributed by atoms with E-state index in [0.29, 0.717) is 6.54 Å². The van der Waals surface area contributed by atoms with E-state index in [1.807, 2.05) is 25.5 Å². The van der Waals surface area contributed by atoms with Crippen molar-refractivity contribution in [1.29, 1.82) is 0 Å². The van der Waals surface area contributed by atoms with Crippen LogP contribution in [0.3, 0.4) is 0 Å². The minimum atomic E-state index is -0.298. The Labute approximate surface area is 112 Å². The number of aliphatic hydroxyl groups is 1. The molecule has 0 spiro atoms. The van der Waals surface area contributed by atoms with Crippen LogP contribution in [0.5, 0.6) is 0 Å². The fourth-order valence-electron chi connectivity index (χ4n) is 1.61. The molecule has 0 aliphatic heterocycles. The molecule has 0 aliphatic carbocycles. The van der Waals surface area contributed by atoms with E-state index in [1.165, 1.54) is 0 Å². The lowest BCUT2D eigenvalue weighted by atomic mass is 10.1. The highest BCUT2D eigenvalue weighted by Gasteiger charge is 2.13. The topological polar surface area (TPSA) is 50.1 Å². The van der Waals surface area contributed by atoms with Gasteiger partial charge in [0.1, 0.15) is 0 Å². The maximum atomic E-state index is 9.71. The Kier molecular flexibility index (Phi) is 5.62. The molecule has 0 amide bonds. The predicted octanol–water partition coefficient (Wildman–Crippen LogP) is 2.08. The number of aromatic nitrogens is 2. The number of rotatable bonds is 6. The molecule has 1 rings (SSSR count). The molecular weight excluding hydrogens is 282 g/mol. The summed E-state index contributed by atoms with van der Waals surface area (Å²) in [5, 5.41) is 17.4. The Bertz CT molecular complexity index is 363. The minimum Gasteiger partial charge on any atom is -0.392 e. The van der Waals surface area contributed by atoms with Crippen molar-refractivity contribution in [3.05, 3.63) is 15.9 Å². The second-order valence-corrected chi connectivity index (χ2v) is 5.40. The molecule has 98 valence electrons. The molecule has 0 saturated heterocycles. The van der Waals surface area contributed by atoms with Crippen LogP contribution in [0.15, 0.2) is 4.47 Å². The Morgan fingerprint density at radius 3 is 2.65 bits per heavy atom. The molecule has 5 heteroatoms. The summed E-state index contributed by atoms with van der Waals surface area (Å²) in [5.74, 6) is 0.281. The standard InChI is InChI=1S/C12H22BrN3O/c1-5-16-10(12(13)9(4)15-16)6-14-7-11(17)8(2)3/h8,11,14,17H,5-7H2,1-4H3. The minimum absolute atomic E-state index is 0.281. The molecule has 1 atom stereocenters. The third kappa shape index (κ3) is 3.79. The molecule has 1 heterocycles. The maximum Gasteiger partial charge on any atom is 0.0739 e. The molecule has 0 fully saturated rings. The zero-order valence-electron chi connectivity index (χ0n) is 11.0. The Hall–Kier alpha value is -0.390. The molecule has 0 radical (unpaired) electrons. The maximum absolute atomic E-state index is 9.71. The molecule has 1 unspecified atom stereocenters. The summed E-state index contributed by atoms with van der Waals surface area (Å²) < 4.78 is 3.04. The van der Waals surface area contributed by atoms with E-state index in [2.05, 4.69) is 33.3 Å². The van der Waals surface area contributed by atoms with E-state index in [4.69, 9.17) is 0 Å². The summed E-state index contributed by atoms with van der Waals surface area (Å²) in [4.78, 5) is 0. The highest BCUT2D eigenvalue weighted by molar-refractivity contribution is 9.10. The van der Waals surface area contributed by atoms with Gasteiger partial charge in [0.25, 0.3) is 0 Å². The van der Waals surface area contributed by atoms with Crippen molar-refractivity contribution < 1.29 is 5.11 Å². The van der Waals surface area contributed by atoms with Gasteiger partial charge in [-0.05, 0) is 35.7 Å². The summed E-state index contributed by atoms with van der Waals surface area (Å²) in [7, 11) is 0. The molecular formula is C12H22BrN3O. The van der Waals surface area contributed by atoms with E-state index in [0.717, 1.165) is 29.0 Å².